The first-order valence-corrected chi connectivity index (χ1v) is 24.6. The van der Waals surface area contributed by atoms with Crippen LogP contribution in [-0.2, 0) is 65.6 Å². The van der Waals surface area contributed by atoms with E-state index in [1.165, 1.54) is 6.92 Å². The molecule has 0 radical (unpaired) electrons. The van der Waals surface area contributed by atoms with Crippen LogP contribution in [0.5, 0.6) is 0 Å². The SMILES string of the molecule is CC(C)C[C@H](NC(=O)[C@@H](N)Cc1ccccc1)C(=O)N[C@@H](CC(=O)O)C(=O)N[C@@H](CCC(N)=O)C(=O)N[C@H](C(=O)N[C@@H](C)C(=O)N[C@@H](Cc1ccccc1)C(=O)N[C@H](C(=O)N[C@H](C(=O)O)C(C)C)C(C)C)C(C)C. The summed E-state index contributed by atoms with van der Waals surface area (Å²) in [4.78, 5) is 145. The van der Waals surface area contributed by atoms with Crippen molar-refractivity contribution in [2.45, 2.75) is 155 Å². The minimum atomic E-state index is -1.81. The van der Waals surface area contributed by atoms with Gasteiger partial charge in [0.25, 0.3) is 0 Å². The highest BCUT2D eigenvalue weighted by Gasteiger charge is 2.36. The molecule has 0 aromatic heterocycles. The summed E-state index contributed by atoms with van der Waals surface area (Å²) < 4.78 is 0. The normalized spacial score (nSPS) is 14.9. The van der Waals surface area contributed by atoms with Crippen LogP contribution in [0.2, 0.25) is 0 Å². The van der Waals surface area contributed by atoms with Crippen molar-refractivity contribution in [3.05, 3.63) is 71.8 Å². The van der Waals surface area contributed by atoms with E-state index in [2.05, 4.69) is 42.5 Å². The van der Waals surface area contributed by atoms with E-state index in [1.54, 1.807) is 116 Å². The molecule has 0 fully saturated rings. The molecule has 9 amide bonds. The van der Waals surface area contributed by atoms with Gasteiger partial charge in [-0.15, -0.1) is 0 Å². The maximum Gasteiger partial charge on any atom is 0.326 e. The Morgan fingerprint density at radius 3 is 1.32 bits per heavy atom. The number of primary amides is 1. The lowest BCUT2D eigenvalue weighted by Crippen LogP contribution is -2.61. The molecule has 0 aliphatic heterocycles. The Balaban J connectivity index is 2.31. The van der Waals surface area contributed by atoms with Crippen LogP contribution < -0.4 is 54.0 Å². The number of aliphatic carboxylic acids is 2. The molecular weight excluding hydrogens is 961 g/mol. The highest BCUT2D eigenvalue weighted by atomic mass is 16.4. The largest absolute Gasteiger partial charge is 0.481 e. The number of hydrogen-bond acceptors (Lipinski definition) is 12. The lowest BCUT2D eigenvalue weighted by atomic mass is 9.99. The molecule has 2 rings (SSSR count). The van der Waals surface area contributed by atoms with Crippen LogP contribution in [0, 0.1) is 23.7 Å². The third kappa shape index (κ3) is 21.7. The average molecular weight is 1040 g/mol. The van der Waals surface area contributed by atoms with E-state index in [4.69, 9.17) is 11.5 Å². The Morgan fingerprint density at radius 2 is 0.865 bits per heavy atom. The van der Waals surface area contributed by atoms with Gasteiger partial charge in [-0.1, -0.05) is 116 Å². The Hall–Kier alpha value is -7.43. The number of rotatable bonds is 31. The van der Waals surface area contributed by atoms with Crippen molar-refractivity contribution in [2.24, 2.45) is 35.1 Å². The van der Waals surface area contributed by atoms with E-state index in [1.807, 2.05) is 0 Å². The zero-order chi connectivity index (χ0) is 56.0. The maximum absolute atomic E-state index is 13.9. The van der Waals surface area contributed by atoms with Gasteiger partial charge in [0.1, 0.15) is 48.3 Å². The highest BCUT2D eigenvalue weighted by molar-refractivity contribution is 5.99. The van der Waals surface area contributed by atoms with Crippen LogP contribution >= 0.6 is 0 Å². The third-order valence-electron chi connectivity index (χ3n) is 11.7. The molecule has 0 aliphatic carbocycles. The molecule has 0 aliphatic rings. The topological polar surface area (TPSA) is 377 Å². The summed E-state index contributed by atoms with van der Waals surface area (Å²) in [5.74, 6) is -12.5. The number of carboxylic acid groups (broad SMARTS) is 2. The molecule has 408 valence electrons. The van der Waals surface area contributed by atoms with Crippen LogP contribution in [-0.4, -0.2) is 130 Å². The number of carboxylic acids is 2. The first-order chi connectivity index (χ1) is 34.6. The second kappa shape index (κ2) is 30.6. The van der Waals surface area contributed by atoms with E-state index < -0.39 is 156 Å². The van der Waals surface area contributed by atoms with Gasteiger partial charge in [0.15, 0.2) is 0 Å². The zero-order valence-corrected chi connectivity index (χ0v) is 43.6. The second-order valence-electron chi connectivity index (χ2n) is 19.7. The maximum atomic E-state index is 13.9. The van der Waals surface area contributed by atoms with E-state index in [0.29, 0.717) is 5.56 Å². The van der Waals surface area contributed by atoms with Crippen molar-refractivity contribution in [3.63, 3.8) is 0 Å². The number of hydrogen-bond donors (Lipinski definition) is 12. The van der Waals surface area contributed by atoms with Gasteiger partial charge in [0, 0.05) is 12.8 Å². The fourth-order valence-corrected chi connectivity index (χ4v) is 7.49. The number of benzene rings is 2. The molecule has 0 unspecified atom stereocenters. The molecule has 0 saturated carbocycles. The Bertz CT molecular complexity index is 2260. The molecule has 0 heterocycles. The smallest absolute Gasteiger partial charge is 0.326 e. The first-order valence-electron chi connectivity index (χ1n) is 24.6. The van der Waals surface area contributed by atoms with Crippen LogP contribution in [0.1, 0.15) is 99.1 Å². The fourth-order valence-electron chi connectivity index (χ4n) is 7.49. The monoisotopic (exact) mass is 1040 g/mol. The number of nitrogens with two attached hydrogens (primary N) is 2. The Morgan fingerprint density at radius 1 is 0.459 bits per heavy atom. The van der Waals surface area contributed by atoms with Crippen LogP contribution in [0.3, 0.4) is 0 Å². The van der Waals surface area contributed by atoms with E-state index in [9.17, 15) is 63.0 Å². The molecule has 9 atom stereocenters. The van der Waals surface area contributed by atoms with Crippen molar-refractivity contribution in [3.8, 4) is 0 Å². The highest BCUT2D eigenvalue weighted by Crippen LogP contribution is 2.13. The molecule has 0 bridgehead atoms. The van der Waals surface area contributed by atoms with Gasteiger partial charge in [0.05, 0.1) is 12.5 Å². The second-order valence-corrected chi connectivity index (χ2v) is 19.7. The van der Waals surface area contributed by atoms with Gasteiger partial charge in [-0.05, 0) is 61.0 Å². The lowest BCUT2D eigenvalue weighted by molar-refractivity contribution is -0.144. The molecule has 0 saturated heterocycles. The molecule has 0 spiro atoms. The van der Waals surface area contributed by atoms with Crippen molar-refractivity contribution < 1.29 is 63.0 Å². The predicted molar refractivity (Wildman–Crippen MR) is 272 cm³/mol. The summed E-state index contributed by atoms with van der Waals surface area (Å²) in [5.41, 5.74) is 12.9. The summed E-state index contributed by atoms with van der Waals surface area (Å²) in [5, 5.41) is 39.4. The van der Waals surface area contributed by atoms with Crippen LogP contribution in [0.25, 0.3) is 0 Å². The molecular formula is C51H76N10O13. The number of carbonyl (C=O) groups excluding carboxylic acids is 9. The van der Waals surface area contributed by atoms with Crippen LogP contribution in [0.4, 0.5) is 0 Å². The minimum absolute atomic E-state index is 0.0612. The molecule has 23 nitrogen and oxygen atoms in total. The van der Waals surface area contributed by atoms with Crippen molar-refractivity contribution in [2.75, 3.05) is 0 Å². The van der Waals surface area contributed by atoms with Gasteiger partial charge in [-0.2, -0.15) is 0 Å². The third-order valence-corrected chi connectivity index (χ3v) is 11.7. The van der Waals surface area contributed by atoms with Gasteiger partial charge in [0.2, 0.25) is 53.2 Å². The summed E-state index contributed by atoms with van der Waals surface area (Å²) in [6, 6.07) is 5.20. The Labute approximate surface area is 431 Å². The van der Waals surface area contributed by atoms with E-state index in [0.717, 1.165) is 5.56 Å². The predicted octanol–water partition coefficient (Wildman–Crippen LogP) is -0.464. The number of amides is 9. The summed E-state index contributed by atoms with van der Waals surface area (Å²) in [7, 11) is 0. The number of carbonyl (C=O) groups is 11. The van der Waals surface area contributed by atoms with Crippen molar-refractivity contribution >= 4 is 65.1 Å². The lowest BCUT2D eigenvalue weighted by Gasteiger charge is -2.29. The van der Waals surface area contributed by atoms with Gasteiger partial charge in [-0.3, -0.25) is 47.9 Å². The zero-order valence-electron chi connectivity index (χ0n) is 43.6. The van der Waals surface area contributed by atoms with Gasteiger partial charge in [-0.25, -0.2) is 4.79 Å². The van der Waals surface area contributed by atoms with Crippen molar-refractivity contribution in [1.82, 2.24) is 42.5 Å². The molecule has 23 heteroatoms. The van der Waals surface area contributed by atoms with Crippen LogP contribution in [0.15, 0.2) is 60.7 Å². The Kier molecular flexibility index (Phi) is 25.9. The minimum Gasteiger partial charge on any atom is -0.481 e. The first kappa shape index (κ1) is 62.7. The van der Waals surface area contributed by atoms with E-state index in [-0.39, 0.29) is 25.2 Å². The summed E-state index contributed by atoms with van der Waals surface area (Å²) >= 11 is 0. The average Bonchev–Trinajstić information content (AvgIpc) is 3.31. The van der Waals surface area contributed by atoms with E-state index >= 15 is 0 Å². The van der Waals surface area contributed by atoms with Gasteiger partial charge >= 0.3 is 11.9 Å². The molecule has 74 heavy (non-hydrogen) atoms. The summed E-state index contributed by atoms with van der Waals surface area (Å²) in [6.45, 7) is 14.5. The number of nitrogens with one attached hydrogen (secondary N) is 8. The molecule has 14 N–H and O–H groups in total. The fraction of sp³-hybridized carbons (Fsp3) is 0.549. The standard InChI is InChI=1S/C51H76N10O13/c1-26(2)22-35(57-44(66)33(52)23-31-16-12-10-13-17-31)46(68)58-37(25-39(63)64)47(69)55-34(20-21-38(53)62)45(67)59-40(27(3)4)49(71)54-30(9)43(65)56-36(24-32-18-14-11-15-19-32)48(70)60-41(28(5)6)50(72)61-42(29(7)8)51(73)74/h10-19,26-30,33-37,40-42H,20-25,52H2,1-9H3,(H2,53,62)(H,54,71)(H,55,69)(H,56,65)(H,57,66)(H,58,68)(H,59,67)(H,60,70)(H,61,72)(H,63,64)(H,73,74)/t30-,33-,34-,35-,36-,37-,40-,41-,42-/m0/s1. The van der Waals surface area contributed by atoms with Gasteiger partial charge < -0.3 is 64.2 Å². The molecule has 2 aromatic rings. The van der Waals surface area contributed by atoms with Crippen molar-refractivity contribution in [1.29, 1.82) is 0 Å². The molecule has 2 aromatic carbocycles. The summed E-state index contributed by atoms with van der Waals surface area (Å²) in [6.07, 6.45) is -1.71. The quantitative estimate of drug-likeness (QED) is 0.0455.